The summed E-state index contributed by atoms with van der Waals surface area (Å²) in [5.74, 6) is -0.0726. The zero-order chi connectivity index (χ0) is 23.1. The maximum absolute atomic E-state index is 11.2. The molecule has 0 aliphatic carbocycles. The lowest BCUT2D eigenvalue weighted by Crippen LogP contribution is -2.36. The number of carboxylic acid groups (broad SMARTS) is 1. The number of carbonyl (C=O) groups is 1. The number of rotatable bonds is 10. The van der Waals surface area contributed by atoms with Crippen LogP contribution in [0.2, 0.25) is 0 Å². The monoisotopic (exact) mass is 500 g/mol. The van der Waals surface area contributed by atoms with Crippen molar-refractivity contribution in [1.29, 1.82) is 0 Å². The Kier molecular flexibility index (Phi) is 8.94. The molecule has 0 aromatic heterocycles. The third-order valence-electron chi connectivity index (χ3n) is 6.24. The summed E-state index contributed by atoms with van der Waals surface area (Å²) in [6, 6.07) is 16.4. The molecule has 0 radical (unpaired) electrons. The zero-order valence-electron chi connectivity index (χ0n) is 18.9. The standard InChI is InChI=1S/C27H33BrO4/c1-4-5-7-15-24-22(19-11-8-6-9-12-19)16-21(18(2)3)26(32-24)20-13-10-14-23(28)27(20)31-17-25(29)30/h6,8-14,21-22,24,26H,2,4-5,7,15-17H2,1,3H3,(H,29,30)/t21-,22-,24+,26-/m1/s1. The average molecular weight is 501 g/mol. The Morgan fingerprint density at radius 1 is 1.19 bits per heavy atom. The first kappa shape index (κ1) is 24.5. The molecule has 32 heavy (non-hydrogen) atoms. The fourth-order valence-corrected chi connectivity index (χ4v) is 5.12. The van der Waals surface area contributed by atoms with Crippen molar-refractivity contribution in [2.45, 2.75) is 64.1 Å². The van der Waals surface area contributed by atoms with Crippen LogP contribution in [-0.4, -0.2) is 23.8 Å². The van der Waals surface area contributed by atoms with Crippen molar-refractivity contribution in [3.05, 3.63) is 76.3 Å². The van der Waals surface area contributed by atoms with Crippen molar-refractivity contribution < 1.29 is 19.4 Å². The Balaban J connectivity index is 1.98. The second-order valence-electron chi connectivity index (χ2n) is 8.64. The molecule has 1 heterocycles. The van der Waals surface area contributed by atoms with Crippen molar-refractivity contribution in [1.82, 2.24) is 0 Å². The number of carboxylic acids is 1. The third-order valence-corrected chi connectivity index (χ3v) is 6.86. The predicted octanol–water partition coefficient (Wildman–Crippen LogP) is 7.30. The second kappa shape index (κ2) is 11.7. The molecule has 3 rings (SSSR count). The highest BCUT2D eigenvalue weighted by atomic mass is 79.9. The van der Waals surface area contributed by atoms with Crippen LogP contribution in [-0.2, 0) is 9.53 Å². The molecule has 1 aliphatic rings. The lowest BCUT2D eigenvalue weighted by molar-refractivity contribution is -0.139. The number of halogens is 1. The highest BCUT2D eigenvalue weighted by molar-refractivity contribution is 9.10. The van der Waals surface area contributed by atoms with Crippen LogP contribution >= 0.6 is 15.9 Å². The van der Waals surface area contributed by atoms with Crippen molar-refractivity contribution in [3.8, 4) is 5.75 Å². The maximum Gasteiger partial charge on any atom is 0.341 e. The molecule has 0 amide bonds. The number of ether oxygens (including phenoxy) is 2. The van der Waals surface area contributed by atoms with Gasteiger partial charge in [-0.1, -0.05) is 80.8 Å². The normalized spacial score (nSPS) is 23.0. The van der Waals surface area contributed by atoms with Gasteiger partial charge in [0.1, 0.15) is 5.75 Å². The van der Waals surface area contributed by atoms with Crippen LogP contribution in [0.15, 0.2) is 65.2 Å². The van der Waals surface area contributed by atoms with Gasteiger partial charge in [0.05, 0.1) is 16.7 Å². The summed E-state index contributed by atoms with van der Waals surface area (Å²) in [6.45, 7) is 8.15. The van der Waals surface area contributed by atoms with Crippen LogP contribution in [0.3, 0.4) is 0 Å². The molecule has 0 spiro atoms. The minimum atomic E-state index is -1.01. The Morgan fingerprint density at radius 2 is 1.94 bits per heavy atom. The lowest BCUT2D eigenvalue weighted by Gasteiger charge is -2.43. The molecule has 2 aromatic rings. The minimum absolute atomic E-state index is 0.0795. The van der Waals surface area contributed by atoms with Gasteiger partial charge >= 0.3 is 5.97 Å². The summed E-state index contributed by atoms with van der Waals surface area (Å²) in [4.78, 5) is 11.2. The molecule has 1 fully saturated rings. The summed E-state index contributed by atoms with van der Waals surface area (Å²) in [5, 5.41) is 9.14. The van der Waals surface area contributed by atoms with Gasteiger partial charge in [0.15, 0.2) is 6.61 Å². The largest absolute Gasteiger partial charge is 0.480 e. The number of aliphatic carboxylic acids is 1. The van der Waals surface area contributed by atoms with Gasteiger partial charge in [-0.3, -0.25) is 0 Å². The second-order valence-corrected chi connectivity index (χ2v) is 9.49. The van der Waals surface area contributed by atoms with Crippen LogP contribution in [0.4, 0.5) is 0 Å². The topological polar surface area (TPSA) is 55.8 Å². The summed E-state index contributed by atoms with van der Waals surface area (Å²) in [5.41, 5.74) is 3.24. The average Bonchev–Trinajstić information content (AvgIpc) is 2.78. The summed E-state index contributed by atoms with van der Waals surface area (Å²) in [6.07, 6.45) is 5.24. The van der Waals surface area contributed by atoms with E-state index in [4.69, 9.17) is 14.6 Å². The number of benzene rings is 2. The molecule has 5 heteroatoms. The van der Waals surface area contributed by atoms with E-state index in [0.717, 1.165) is 34.9 Å². The highest BCUT2D eigenvalue weighted by Gasteiger charge is 2.40. The van der Waals surface area contributed by atoms with E-state index in [-0.39, 0.29) is 18.1 Å². The summed E-state index contributed by atoms with van der Waals surface area (Å²) in [7, 11) is 0. The Hall–Kier alpha value is -2.11. The van der Waals surface area contributed by atoms with Crippen LogP contribution < -0.4 is 4.74 Å². The molecular weight excluding hydrogens is 468 g/mol. The number of hydrogen-bond acceptors (Lipinski definition) is 3. The lowest BCUT2D eigenvalue weighted by atomic mass is 9.74. The Morgan fingerprint density at radius 3 is 2.59 bits per heavy atom. The maximum atomic E-state index is 11.2. The van der Waals surface area contributed by atoms with E-state index >= 15 is 0 Å². The first-order valence-corrected chi connectivity index (χ1v) is 12.2. The quantitative estimate of drug-likeness (QED) is 0.274. The predicted molar refractivity (Wildman–Crippen MR) is 131 cm³/mol. The molecule has 0 saturated carbocycles. The van der Waals surface area contributed by atoms with Crippen LogP contribution in [0.1, 0.15) is 69.1 Å². The van der Waals surface area contributed by atoms with Gasteiger partial charge in [-0.15, -0.1) is 0 Å². The first-order valence-electron chi connectivity index (χ1n) is 11.4. The molecule has 1 aliphatic heterocycles. The molecule has 0 bridgehead atoms. The minimum Gasteiger partial charge on any atom is -0.480 e. The van der Waals surface area contributed by atoms with Crippen molar-refractivity contribution in [2.75, 3.05) is 6.61 Å². The highest BCUT2D eigenvalue weighted by Crippen LogP contribution is 2.50. The number of hydrogen-bond donors (Lipinski definition) is 1. The van der Waals surface area contributed by atoms with Gasteiger partial charge in [0, 0.05) is 17.4 Å². The van der Waals surface area contributed by atoms with E-state index in [1.165, 1.54) is 18.4 Å². The van der Waals surface area contributed by atoms with Gasteiger partial charge in [-0.05, 0) is 47.3 Å². The smallest absolute Gasteiger partial charge is 0.341 e. The van der Waals surface area contributed by atoms with Gasteiger partial charge in [-0.25, -0.2) is 4.79 Å². The van der Waals surface area contributed by atoms with E-state index in [1.807, 2.05) is 24.3 Å². The van der Waals surface area contributed by atoms with E-state index in [1.54, 1.807) is 0 Å². The number of para-hydroxylation sites is 1. The van der Waals surface area contributed by atoms with Crippen molar-refractivity contribution in [2.24, 2.45) is 5.92 Å². The van der Waals surface area contributed by atoms with Gasteiger partial charge in [-0.2, -0.15) is 0 Å². The molecule has 4 atom stereocenters. The molecule has 172 valence electrons. The zero-order valence-corrected chi connectivity index (χ0v) is 20.5. The fraction of sp³-hybridized carbons (Fsp3) is 0.444. The van der Waals surface area contributed by atoms with Gasteiger partial charge < -0.3 is 14.6 Å². The van der Waals surface area contributed by atoms with Crippen molar-refractivity contribution >= 4 is 21.9 Å². The van der Waals surface area contributed by atoms with E-state index in [0.29, 0.717) is 11.7 Å². The third kappa shape index (κ3) is 6.02. The van der Waals surface area contributed by atoms with Crippen LogP contribution in [0, 0.1) is 5.92 Å². The molecule has 4 nitrogen and oxygen atoms in total. The molecule has 1 saturated heterocycles. The number of unbranched alkanes of at least 4 members (excludes halogenated alkanes) is 2. The SMILES string of the molecule is C=C(C)[C@H]1C[C@H](c2ccccc2)[C@H](CCCCC)O[C@@H]1c1cccc(Br)c1OCC(=O)O. The fourth-order valence-electron chi connectivity index (χ4n) is 4.63. The van der Waals surface area contributed by atoms with Crippen LogP contribution in [0.25, 0.3) is 0 Å². The van der Waals surface area contributed by atoms with E-state index in [2.05, 4.69) is 60.6 Å². The summed E-state index contributed by atoms with van der Waals surface area (Å²) >= 11 is 3.54. The van der Waals surface area contributed by atoms with Gasteiger partial charge in [0.25, 0.3) is 0 Å². The Bertz CT molecular complexity index is 911. The molecular formula is C27H33BrO4. The van der Waals surface area contributed by atoms with E-state index in [9.17, 15) is 4.79 Å². The molecule has 0 unspecified atom stereocenters. The van der Waals surface area contributed by atoms with Crippen LogP contribution in [0.5, 0.6) is 5.75 Å². The first-order chi connectivity index (χ1) is 15.4. The summed E-state index contributed by atoms with van der Waals surface area (Å²) < 4.78 is 13.3. The van der Waals surface area contributed by atoms with Gasteiger partial charge in [0.2, 0.25) is 0 Å². The molecule has 1 N–H and O–H groups in total. The Labute approximate surface area is 199 Å². The van der Waals surface area contributed by atoms with Crippen molar-refractivity contribution in [3.63, 3.8) is 0 Å². The van der Waals surface area contributed by atoms with E-state index < -0.39 is 12.6 Å². The molecule has 2 aromatic carbocycles.